The Morgan fingerprint density at radius 1 is 1.19 bits per heavy atom. The Hall–Kier alpha value is -4.09. The Labute approximate surface area is 205 Å². The number of carbonyl (C=O) groups excluding carboxylic acids is 3. The van der Waals surface area contributed by atoms with Crippen molar-refractivity contribution in [3.05, 3.63) is 53.3 Å². The second-order valence-corrected chi connectivity index (χ2v) is 9.04. The van der Waals surface area contributed by atoms with E-state index in [0.29, 0.717) is 11.6 Å². The SMILES string of the molecule is CC(=O)NC[C@H]1CN(c2cc(F)c(-c3ccc(/C=N/OC(=O)NC(C)(C)C)cc3)c(F)c2F)C(=O)O1. The van der Waals surface area contributed by atoms with Gasteiger partial charge in [-0.2, -0.15) is 0 Å². The van der Waals surface area contributed by atoms with Crippen molar-refractivity contribution in [1.29, 1.82) is 0 Å². The van der Waals surface area contributed by atoms with Gasteiger partial charge in [0.2, 0.25) is 5.91 Å². The molecule has 2 aromatic rings. The molecule has 0 aliphatic carbocycles. The van der Waals surface area contributed by atoms with E-state index in [2.05, 4.69) is 20.6 Å². The van der Waals surface area contributed by atoms with Gasteiger partial charge in [-0.05, 0) is 31.9 Å². The van der Waals surface area contributed by atoms with Crippen molar-refractivity contribution >= 4 is 30.0 Å². The number of benzene rings is 2. The minimum absolute atomic E-state index is 0.0236. The van der Waals surface area contributed by atoms with E-state index in [4.69, 9.17) is 4.74 Å². The van der Waals surface area contributed by atoms with Crippen molar-refractivity contribution in [3.63, 3.8) is 0 Å². The van der Waals surface area contributed by atoms with E-state index in [1.54, 1.807) is 20.8 Å². The zero-order valence-corrected chi connectivity index (χ0v) is 20.0. The van der Waals surface area contributed by atoms with Crippen LogP contribution in [0.15, 0.2) is 35.5 Å². The molecule has 3 rings (SSSR count). The van der Waals surface area contributed by atoms with Gasteiger partial charge < -0.3 is 15.4 Å². The van der Waals surface area contributed by atoms with Gasteiger partial charge in [0.15, 0.2) is 11.6 Å². The second-order valence-electron chi connectivity index (χ2n) is 9.04. The Morgan fingerprint density at radius 2 is 1.86 bits per heavy atom. The molecule has 1 aliphatic rings. The first-order valence-corrected chi connectivity index (χ1v) is 10.9. The van der Waals surface area contributed by atoms with Crippen molar-refractivity contribution in [1.82, 2.24) is 10.6 Å². The van der Waals surface area contributed by atoms with Crippen LogP contribution in [0.2, 0.25) is 0 Å². The zero-order chi connectivity index (χ0) is 26.6. The Bertz CT molecular complexity index is 1200. The van der Waals surface area contributed by atoms with Crippen molar-refractivity contribution in [3.8, 4) is 11.1 Å². The topological polar surface area (TPSA) is 109 Å². The van der Waals surface area contributed by atoms with Crippen LogP contribution in [0, 0.1) is 17.5 Å². The van der Waals surface area contributed by atoms with E-state index < -0.39 is 52.5 Å². The van der Waals surface area contributed by atoms with Crippen LogP contribution >= 0.6 is 0 Å². The van der Waals surface area contributed by atoms with Crippen LogP contribution in [0.25, 0.3) is 11.1 Å². The highest BCUT2D eigenvalue weighted by Gasteiger charge is 2.36. The number of nitrogens with zero attached hydrogens (tertiary/aromatic N) is 2. The minimum Gasteiger partial charge on any atom is -0.442 e. The maximum Gasteiger partial charge on any atom is 0.433 e. The first-order valence-electron chi connectivity index (χ1n) is 10.9. The maximum atomic E-state index is 14.9. The molecule has 0 radical (unpaired) electrons. The second kappa shape index (κ2) is 10.7. The predicted molar refractivity (Wildman–Crippen MR) is 125 cm³/mol. The fourth-order valence-corrected chi connectivity index (χ4v) is 3.33. The van der Waals surface area contributed by atoms with Crippen molar-refractivity contribution in [2.75, 3.05) is 18.0 Å². The number of oxime groups is 1. The number of hydrogen-bond donors (Lipinski definition) is 2. The first-order chi connectivity index (χ1) is 16.9. The Balaban J connectivity index is 1.76. The molecule has 3 amide bonds. The van der Waals surface area contributed by atoms with Gasteiger partial charge in [0, 0.05) is 18.5 Å². The van der Waals surface area contributed by atoms with Crippen LogP contribution in [-0.4, -0.2) is 49.0 Å². The van der Waals surface area contributed by atoms with Crippen molar-refractivity contribution in [2.45, 2.75) is 39.3 Å². The van der Waals surface area contributed by atoms with E-state index >= 15 is 0 Å². The quantitative estimate of drug-likeness (QED) is 0.266. The van der Waals surface area contributed by atoms with Crippen LogP contribution < -0.4 is 15.5 Å². The number of nitrogens with one attached hydrogen (secondary N) is 2. The zero-order valence-electron chi connectivity index (χ0n) is 20.0. The number of amides is 3. The van der Waals surface area contributed by atoms with Crippen molar-refractivity contribution < 1.29 is 37.1 Å². The lowest BCUT2D eigenvalue weighted by atomic mass is 10.0. The van der Waals surface area contributed by atoms with Gasteiger partial charge in [-0.15, -0.1) is 0 Å². The molecule has 192 valence electrons. The number of cyclic esters (lactones) is 1. The van der Waals surface area contributed by atoms with Gasteiger partial charge in [0.05, 0.1) is 30.6 Å². The summed E-state index contributed by atoms with van der Waals surface area (Å²) in [4.78, 5) is 40.2. The van der Waals surface area contributed by atoms with Gasteiger partial charge >= 0.3 is 12.2 Å². The fraction of sp³-hybridized carbons (Fsp3) is 0.333. The summed E-state index contributed by atoms with van der Waals surface area (Å²) in [7, 11) is 0. The predicted octanol–water partition coefficient (Wildman–Crippen LogP) is 4.09. The number of carbonyl (C=O) groups is 3. The normalized spacial score (nSPS) is 15.7. The third-order valence-electron chi connectivity index (χ3n) is 4.90. The van der Waals surface area contributed by atoms with Crippen molar-refractivity contribution in [2.24, 2.45) is 5.16 Å². The van der Waals surface area contributed by atoms with Crippen LogP contribution in [-0.2, 0) is 14.4 Å². The standard InChI is InChI=1S/C24H25F3N4O5/c1-13(32)28-11-16-12-31(23(34)35-16)18-9-17(25)19(21(27)20(18)26)15-7-5-14(6-8-15)10-29-36-22(33)30-24(2,3)4/h5-10,16H,11-12H2,1-4H3,(H,28,32)(H,30,33)/b29-10+/t16-/m0/s1. The average Bonchev–Trinajstić information content (AvgIpc) is 3.15. The molecular formula is C24H25F3N4O5. The number of hydrogen-bond acceptors (Lipinski definition) is 6. The van der Waals surface area contributed by atoms with Gasteiger partial charge in [-0.3, -0.25) is 14.5 Å². The summed E-state index contributed by atoms with van der Waals surface area (Å²) in [6, 6.07) is 6.28. The van der Waals surface area contributed by atoms with Crippen LogP contribution in [0.3, 0.4) is 0 Å². The van der Waals surface area contributed by atoms with Gasteiger partial charge in [-0.1, -0.05) is 29.4 Å². The summed E-state index contributed by atoms with van der Waals surface area (Å²) in [5.74, 6) is -4.35. The summed E-state index contributed by atoms with van der Waals surface area (Å²) in [6.07, 6.45) is -1.32. The average molecular weight is 506 g/mol. The number of halogens is 3. The van der Waals surface area contributed by atoms with Crippen LogP contribution in [0.1, 0.15) is 33.3 Å². The third-order valence-corrected chi connectivity index (χ3v) is 4.90. The van der Waals surface area contributed by atoms with Crippen LogP contribution in [0.4, 0.5) is 28.4 Å². The molecule has 36 heavy (non-hydrogen) atoms. The molecule has 12 heteroatoms. The molecule has 2 N–H and O–H groups in total. The molecule has 1 aliphatic heterocycles. The van der Waals surface area contributed by atoms with Gasteiger partial charge in [-0.25, -0.2) is 22.8 Å². The highest BCUT2D eigenvalue weighted by Crippen LogP contribution is 2.35. The third kappa shape index (κ3) is 6.52. The monoisotopic (exact) mass is 506 g/mol. The first kappa shape index (κ1) is 26.5. The molecule has 1 heterocycles. The number of rotatable bonds is 6. The summed E-state index contributed by atoms with van der Waals surface area (Å²) in [5, 5.41) is 8.56. The van der Waals surface area contributed by atoms with E-state index in [9.17, 15) is 27.6 Å². The lowest BCUT2D eigenvalue weighted by Crippen LogP contribution is -2.40. The molecule has 1 saturated heterocycles. The molecule has 0 spiro atoms. The summed E-state index contributed by atoms with van der Waals surface area (Å²) >= 11 is 0. The molecule has 0 aromatic heterocycles. The van der Waals surface area contributed by atoms with E-state index in [1.807, 2.05) is 0 Å². The molecule has 2 aromatic carbocycles. The summed E-state index contributed by atoms with van der Waals surface area (Å²) in [6.45, 7) is 6.37. The molecular weight excluding hydrogens is 481 g/mol. The molecule has 1 atom stereocenters. The lowest BCUT2D eigenvalue weighted by Gasteiger charge is -2.18. The fourth-order valence-electron chi connectivity index (χ4n) is 3.33. The molecule has 9 nitrogen and oxygen atoms in total. The summed E-state index contributed by atoms with van der Waals surface area (Å²) < 4.78 is 49.8. The van der Waals surface area contributed by atoms with Gasteiger partial charge in [0.25, 0.3) is 0 Å². The highest BCUT2D eigenvalue weighted by atomic mass is 19.2. The molecule has 0 bridgehead atoms. The van der Waals surface area contributed by atoms with Crippen LogP contribution in [0.5, 0.6) is 0 Å². The Kier molecular flexibility index (Phi) is 7.86. The lowest BCUT2D eigenvalue weighted by molar-refractivity contribution is -0.119. The smallest absolute Gasteiger partial charge is 0.433 e. The number of ether oxygens (including phenoxy) is 1. The largest absolute Gasteiger partial charge is 0.442 e. The Morgan fingerprint density at radius 3 is 2.47 bits per heavy atom. The molecule has 0 unspecified atom stereocenters. The molecule has 1 fully saturated rings. The minimum atomic E-state index is -1.48. The van der Waals surface area contributed by atoms with Gasteiger partial charge in [0.1, 0.15) is 11.9 Å². The molecule has 0 saturated carbocycles. The maximum absolute atomic E-state index is 14.9. The van der Waals surface area contributed by atoms with E-state index in [1.165, 1.54) is 37.4 Å². The number of anilines is 1. The van der Waals surface area contributed by atoms with E-state index in [-0.39, 0.29) is 24.6 Å². The summed E-state index contributed by atoms with van der Waals surface area (Å²) in [5.41, 5.74) is -1.25. The highest BCUT2D eigenvalue weighted by molar-refractivity contribution is 5.90. The van der Waals surface area contributed by atoms with E-state index in [0.717, 1.165) is 4.90 Å².